The van der Waals surface area contributed by atoms with Gasteiger partial charge in [-0.2, -0.15) is 0 Å². The summed E-state index contributed by atoms with van der Waals surface area (Å²) in [5.74, 6) is 0.174. The Balaban J connectivity index is 1.93. The molecule has 0 aromatic heterocycles. The van der Waals surface area contributed by atoms with Gasteiger partial charge in [0.25, 0.3) is 5.91 Å². The second-order valence-electron chi connectivity index (χ2n) is 5.14. The number of ether oxygens (including phenoxy) is 2. The molecule has 1 N–H and O–H groups in total. The standard InChI is InChI=1S/C18H20FNO3/c1-13-10-15(6-7-17(13)19)18(21)20-12-14-4-3-5-16(11-14)23-9-8-22-2/h3-7,10-11H,8-9,12H2,1-2H3,(H,20,21). The third-order valence-electron chi connectivity index (χ3n) is 3.33. The zero-order chi connectivity index (χ0) is 16.7. The van der Waals surface area contributed by atoms with E-state index in [1.807, 2.05) is 24.3 Å². The van der Waals surface area contributed by atoms with Crippen LogP contribution >= 0.6 is 0 Å². The van der Waals surface area contributed by atoms with E-state index >= 15 is 0 Å². The van der Waals surface area contributed by atoms with Crippen LogP contribution < -0.4 is 10.1 Å². The Kier molecular flexibility index (Phi) is 6.11. The van der Waals surface area contributed by atoms with Gasteiger partial charge in [0.15, 0.2) is 0 Å². The van der Waals surface area contributed by atoms with Crippen molar-refractivity contribution in [3.05, 3.63) is 65.0 Å². The molecule has 0 spiro atoms. The lowest BCUT2D eigenvalue weighted by Crippen LogP contribution is -2.23. The summed E-state index contributed by atoms with van der Waals surface area (Å²) in [5.41, 5.74) is 1.81. The summed E-state index contributed by atoms with van der Waals surface area (Å²) in [6.07, 6.45) is 0. The van der Waals surface area contributed by atoms with E-state index in [0.29, 0.717) is 30.9 Å². The van der Waals surface area contributed by atoms with Gasteiger partial charge in [-0.3, -0.25) is 4.79 Å². The molecule has 0 saturated carbocycles. The predicted molar refractivity (Wildman–Crippen MR) is 86.1 cm³/mol. The quantitative estimate of drug-likeness (QED) is 0.798. The van der Waals surface area contributed by atoms with Crippen LogP contribution in [-0.2, 0) is 11.3 Å². The zero-order valence-corrected chi connectivity index (χ0v) is 13.3. The highest BCUT2D eigenvalue weighted by Gasteiger charge is 2.07. The fraction of sp³-hybridized carbons (Fsp3) is 0.278. The summed E-state index contributed by atoms with van der Waals surface area (Å²) < 4.78 is 23.7. The zero-order valence-electron chi connectivity index (χ0n) is 13.3. The molecule has 0 unspecified atom stereocenters. The summed E-state index contributed by atoms with van der Waals surface area (Å²) in [5, 5.41) is 2.81. The molecule has 2 rings (SSSR count). The molecule has 0 aliphatic heterocycles. The van der Waals surface area contributed by atoms with Crippen LogP contribution in [0, 0.1) is 12.7 Å². The Morgan fingerprint density at radius 3 is 2.74 bits per heavy atom. The number of benzene rings is 2. The summed E-state index contributed by atoms with van der Waals surface area (Å²) in [7, 11) is 1.62. The Morgan fingerprint density at radius 1 is 1.17 bits per heavy atom. The van der Waals surface area contributed by atoms with Gasteiger partial charge in [0, 0.05) is 19.2 Å². The van der Waals surface area contributed by atoms with Crippen LogP contribution in [0.3, 0.4) is 0 Å². The molecule has 0 aliphatic carbocycles. The van der Waals surface area contributed by atoms with Gasteiger partial charge in [0.2, 0.25) is 0 Å². The van der Waals surface area contributed by atoms with Crippen molar-refractivity contribution >= 4 is 5.91 Å². The van der Waals surface area contributed by atoms with Gasteiger partial charge in [-0.05, 0) is 48.4 Å². The molecule has 2 aromatic carbocycles. The van der Waals surface area contributed by atoms with Crippen molar-refractivity contribution < 1.29 is 18.7 Å². The molecule has 4 nitrogen and oxygen atoms in total. The number of hydrogen-bond donors (Lipinski definition) is 1. The van der Waals surface area contributed by atoms with Crippen LogP contribution in [0.5, 0.6) is 5.75 Å². The van der Waals surface area contributed by atoms with Crippen molar-refractivity contribution in [2.45, 2.75) is 13.5 Å². The number of rotatable bonds is 7. The summed E-state index contributed by atoms with van der Waals surface area (Å²) in [6.45, 7) is 3.00. The van der Waals surface area contributed by atoms with E-state index in [1.165, 1.54) is 18.2 Å². The van der Waals surface area contributed by atoms with Crippen LogP contribution in [0.15, 0.2) is 42.5 Å². The molecule has 0 radical (unpaired) electrons. The number of carbonyl (C=O) groups is 1. The highest BCUT2D eigenvalue weighted by molar-refractivity contribution is 5.94. The van der Waals surface area contributed by atoms with Gasteiger partial charge in [-0.25, -0.2) is 4.39 Å². The maximum atomic E-state index is 13.2. The SMILES string of the molecule is COCCOc1cccc(CNC(=O)c2ccc(F)c(C)c2)c1. The molecule has 0 heterocycles. The number of amides is 1. The third kappa shape index (κ3) is 5.07. The number of aryl methyl sites for hydroxylation is 1. The van der Waals surface area contributed by atoms with E-state index in [2.05, 4.69) is 5.32 Å². The van der Waals surface area contributed by atoms with Crippen LogP contribution in [0.4, 0.5) is 4.39 Å². The van der Waals surface area contributed by atoms with Crippen molar-refractivity contribution in [1.82, 2.24) is 5.32 Å². The summed E-state index contributed by atoms with van der Waals surface area (Å²) in [4.78, 5) is 12.1. The van der Waals surface area contributed by atoms with Crippen molar-refractivity contribution in [1.29, 1.82) is 0 Å². The molecule has 0 atom stereocenters. The first-order valence-electron chi connectivity index (χ1n) is 7.35. The average Bonchev–Trinajstić information content (AvgIpc) is 2.56. The second kappa shape index (κ2) is 8.29. The Morgan fingerprint density at radius 2 is 2.00 bits per heavy atom. The molecule has 0 bridgehead atoms. The van der Waals surface area contributed by atoms with Crippen LogP contribution in [0.2, 0.25) is 0 Å². The molecular formula is C18H20FNO3. The Hall–Kier alpha value is -2.40. The topological polar surface area (TPSA) is 47.6 Å². The average molecular weight is 317 g/mol. The highest BCUT2D eigenvalue weighted by Crippen LogP contribution is 2.14. The van der Waals surface area contributed by atoms with Gasteiger partial charge in [0.05, 0.1) is 6.61 Å². The van der Waals surface area contributed by atoms with Gasteiger partial charge >= 0.3 is 0 Å². The van der Waals surface area contributed by atoms with Crippen molar-refractivity contribution in [3.8, 4) is 5.75 Å². The lowest BCUT2D eigenvalue weighted by atomic mass is 10.1. The molecule has 1 amide bonds. The van der Waals surface area contributed by atoms with Crippen LogP contribution in [0.25, 0.3) is 0 Å². The minimum absolute atomic E-state index is 0.237. The number of hydrogen-bond acceptors (Lipinski definition) is 3. The van der Waals surface area contributed by atoms with E-state index in [9.17, 15) is 9.18 Å². The van der Waals surface area contributed by atoms with Gasteiger partial charge in [-0.15, -0.1) is 0 Å². The van der Waals surface area contributed by atoms with Crippen molar-refractivity contribution in [3.63, 3.8) is 0 Å². The highest BCUT2D eigenvalue weighted by atomic mass is 19.1. The molecule has 5 heteroatoms. The van der Waals surface area contributed by atoms with E-state index in [4.69, 9.17) is 9.47 Å². The number of carbonyl (C=O) groups excluding carboxylic acids is 1. The van der Waals surface area contributed by atoms with Crippen molar-refractivity contribution in [2.24, 2.45) is 0 Å². The molecule has 0 saturated heterocycles. The maximum Gasteiger partial charge on any atom is 0.251 e. The Labute approximate surface area is 135 Å². The normalized spacial score (nSPS) is 10.4. The Bertz CT molecular complexity index is 673. The molecule has 122 valence electrons. The number of methoxy groups -OCH3 is 1. The first kappa shape index (κ1) is 17.0. The maximum absolute atomic E-state index is 13.2. The largest absolute Gasteiger partial charge is 0.491 e. The number of halogens is 1. The van der Waals surface area contributed by atoms with E-state index < -0.39 is 0 Å². The van der Waals surface area contributed by atoms with Gasteiger partial charge in [-0.1, -0.05) is 12.1 Å². The molecule has 0 aliphatic rings. The molecular weight excluding hydrogens is 297 g/mol. The lowest BCUT2D eigenvalue weighted by molar-refractivity contribution is 0.0950. The van der Waals surface area contributed by atoms with E-state index in [1.54, 1.807) is 14.0 Å². The first-order chi connectivity index (χ1) is 11.1. The van der Waals surface area contributed by atoms with Crippen molar-refractivity contribution in [2.75, 3.05) is 20.3 Å². The number of nitrogens with one attached hydrogen (secondary N) is 1. The molecule has 2 aromatic rings. The van der Waals surface area contributed by atoms with Crippen LogP contribution in [-0.4, -0.2) is 26.2 Å². The lowest BCUT2D eigenvalue weighted by Gasteiger charge is -2.09. The smallest absolute Gasteiger partial charge is 0.251 e. The first-order valence-corrected chi connectivity index (χ1v) is 7.35. The van der Waals surface area contributed by atoms with Gasteiger partial charge in [0.1, 0.15) is 18.2 Å². The summed E-state index contributed by atoms with van der Waals surface area (Å²) >= 11 is 0. The van der Waals surface area contributed by atoms with Gasteiger partial charge < -0.3 is 14.8 Å². The predicted octanol–water partition coefficient (Wildman–Crippen LogP) is 3.09. The molecule has 23 heavy (non-hydrogen) atoms. The monoisotopic (exact) mass is 317 g/mol. The minimum Gasteiger partial charge on any atom is -0.491 e. The molecule has 0 fully saturated rings. The van der Waals surface area contributed by atoms with E-state index in [-0.39, 0.29) is 11.7 Å². The minimum atomic E-state index is -0.317. The fourth-order valence-corrected chi connectivity index (χ4v) is 2.06. The summed E-state index contributed by atoms with van der Waals surface area (Å²) in [6, 6.07) is 11.8. The second-order valence-corrected chi connectivity index (χ2v) is 5.14. The fourth-order valence-electron chi connectivity index (χ4n) is 2.06. The third-order valence-corrected chi connectivity index (χ3v) is 3.33. The van der Waals surface area contributed by atoms with Crippen LogP contribution in [0.1, 0.15) is 21.5 Å². The van der Waals surface area contributed by atoms with E-state index in [0.717, 1.165) is 11.3 Å².